The number of carbonyl (C=O) groups excluding carboxylic acids is 1. The number of alkyl halides is 3. The van der Waals surface area contributed by atoms with Crippen molar-refractivity contribution in [2.75, 3.05) is 32.1 Å². The number of amides is 1. The van der Waals surface area contributed by atoms with E-state index in [1.807, 2.05) is 0 Å². The first-order valence-electron chi connectivity index (χ1n) is 5.99. The molecule has 8 heteroatoms. The van der Waals surface area contributed by atoms with Gasteiger partial charge in [0.15, 0.2) is 0 Å². The summed E-state index contributed by atoms with van der Waals surface area (Å²) in [5, 5.41) is 2.63. The van der Waals surface area contributed by atoms with Crippen molar-refractivity contribution in [2.24, 2.45) is 0 Å². The standard InChI is InChI=1S/C12H14F3N3O2/c1-18-6-8(20-7-10(18)19)5-17-11-9(12(13,14)15)3-2-4-16-11/h2-4,8H,5-7H2,1H3,(H,16,17). The number of pyridine rings is 1. The van der Waals surface area contributed by atoms with Crippen LogP contribution in [0.15, 0.2) is 18.3 Å². The zero-order valence-corrected chi connectivity index (χ0v) is 10.8. The molecule has 1 aliphatic rings. The molecule has 0 spiro atoms. The van der Waals surface area contributed by atoms with Crippen molar-refractivity contribution in [2.45, 2.75) is 12.3 Å². The lowest BCUT2D eigenvalue weighted by atomic mass is 10.2. The Balaban J connectivity index is 2.00. The molecule has 0 bridgehead atoms. The zero-order valence-electron chi connectivity index (χ0n) is 10.8. The summed E-state index contributed by atoms with van der Waals surface area (Å²) in [6, 6.07) is 2.20. The van der Waals surface area contributed by atoms with E-state index in [9.17, 15) is 18.0 Å². The zero-order chi connectivity index (χ0) is 14.8. The lowest BCUT2D eigenvalue weighted by Crippen LogP contribution is -2.46. The highest BCUT2D eigenvalue weighted by molar-refractivity contribution is 5.77. The van der Waals surface area contributed by atoms with Crippen molar-refractivity contribution >= 4 is 11.7 Å². The first-order valence-corrected chi connectivity index (χ1v) is 5.99. The second-order valence-electron chi connectivity index (χ2n) is 4.49. The van der Waals surface area contributed by atoms with Crippen LogP contribution in [-0.2, 0) is 15.7 Å². The van der Waals surface area contributed by atoms with E-state index in [0.717, 1.165) is 6.07 Å². The minimum Gasteiger partial charge on any atom is -0.367 e. The third kappa shape index (κ3) is 3.38. The molecule has 20 heavy (non-hydrogen) atoms. The molecule has 0 radical (unpaired) electrons. The Kier molecular flexibility index (Phi) is 4.12. The number of rotatable bonds is 3. The van der Waals surface area contributed by atoms with Crippen LogP contribution in [0.5, 0.6) is 0 Å². The van der Waals surface area contributed by atoms with E-state index in [2.05, 4.69) is 10.3 Å². The SMILES string of the molecule is CN1CC(CNc2ncccc2C(F)(F)F)OCC1=O. The van der Waals surface area contributed by atoms with E-state index in [1.54, 1.807) is 7.05 Å². The topological polar surface area (TPSA) is 54.5 Å². The molecule has 1 aromatic heterocycles. The Labute approximate surface area is 113 Å². The number of halogens is 3. The fourth-order valence-corrected chi connectivity index (χ4v) is 1.87. The minimum absolute atomic E-state index is 0.0583. The highest BCUT2D eigenvalue weighted by atomic mass is 19.4. The van der Waals surface area contributed by atoms with E-state index in [1.165, 1.54) is 17.2 Å². The Morgan fingerprint density at radius 3 is 2.95 bits per heavy atom. The number of aromatic nitrogens is 1. The van der Waals surface area contributed by atoms with Gasteiger partial charge in [0.2, 0.25) is 5.91 Å². The smallest absolute Gasteiger partial charge is 0.367 e. The number of likely N-dealkylation sites (N-methyl/N-ethyl adjacent to an activating group) is 1. The second kappa shape index (κ2) is 5.66. The fourth-order valence-electron chi connectivity index (χ4n) is 1.87. The summed E-state index contributed by atoms with van der Waals surface area (Å²) in [7, 11) is 1.62. The van der Waals surface area contributed by atoms with E-state index < -0.39 is 11.7 Å². The molecule has 1 unspecified atom stereocenters. The largest absolute Gasteiger partial charge is 0.419 e. The maximum absolute atomic E-state index is 12.8. The average molecular weight is 289 g/mol. The average Bonchev–Trinajstić information content (AvgIpc) is 2.39. The van der Waals surface area contributed by atoms with E-state index >= 15 is 0 Å². The van der Waals surface area contributed by atoms with Gasteiger partial charge >= 0.3 is 6.18 Å². The maximum Gasteiger partial charge on any atom is 0.419 e. The van der Waals surface area contributed by atoms with Crippen molar-refractivity contribution < 1.29 is 22.7 Å². The molecule has 2 heterocycles. The Hall–Kier alpha value is -1.83. The Bertz CT molecular complexity index is 493. The summed E-state index contributed by atoms with van der Waals surface area (Å²) in [4.78, 5) is 16.4. The number of morpholine rings is 1. The molecule has 1 saturated heterocycles. The summed E-state index contributed by atoms with van der Waals surface area (Å²) in [6.45, 7) is 0.426. The number of hydrogen-bond acceptors (Lipinski definition) is 4. The van der Waals surface area contributed by atoms with Gasteiger partial charge in [-0.2, -0.15) is 13.2 Å². The van der Waals surface area contributed by atoms with Gasteiger partial charge in [0.25, 0.3) is 0 Å². The van der Waals surface area contributed by atoms with Crippen LogP contribution in [0.3, 0.4) is 0 Å². The van der Waals surface area contributed by atoms with Crippen LogP contribution < -0.4 is 5.32 Å². The minimum atomic E-state index is -4.46. The predicted octanol–water partition coefficient (Wildman–Crippen LogP) is 1.37. The van der Waals surface area contributed by atoms with Crippen LogP contribution in [0.1, 0.15) is 5.56 Å². The van der Waals surface area contributed by atoms with Gasteiger partial charge in [-0.3, -0.25) is 4.79 Å². The molecular formula is C12H14F3N3O2. The van der Waals surface area contributed by atoms with Crippen LogP contribution in [0.2, 0.25) is 0 Å². The number of hydrogen-bond donors (Lipinski definition) is 1. The lowest BCUT2D eigenvalue weighted by molar-refractivity contribution is -0.145. The lowest BCUT2D eigenvalue weighted by Gasteiger charge is -2.30. The van der Waals surface area contributed by atoms with Crippen LogP contribution >= 0.6 is 0 Å². The van der Waals surface area contributed by atoms with Gasteiger partial charge in [0.05, 0.1) is 11.7 Å². The molecule has 1 fully saturated rings. The summed E-state index contributed by atoms with van der Waals surface area (Å²) in [5.41, 5.74) is -0.819. The van der Waals surface area contributed by atoms with Crippen LogP contribution in [0, 0.1) is 0 Å². The molecular weight excluding hydrogens is 275 g/mol. The van der Waals surface area contributed by atoms with Crippen molar-refractivity contribution in [3.05, 3.63) is 23.9 Å². The van der Waals surface area contributed by atoms with Gasteiger partial charge in [0.1, 0.15) is 12.4 Å². The molecule has 2 rings (SSSR count). The van der Waals surface area contributed by atoms with Crippen molar-refractivity contribution in [3.8, 4) is 0 Å². The summed E-state index contributed by atoms with van der Waals surface area (Å²) >= 11 is 0. The molecule has 110 valence electrons. The number of ether oxygens (including phenoxy) is 1. The van der Waals surface area contributed by atoms with Crippen LogP contribution in [0.25, 0.3) is 0 Å². The summed E-state index contributed by atoms with van der Waals surface area (Å²) < 4.78 is 43.5. The highest BCUT2D eigenvalue weighted by Gasteiger charge is 2.34. The molecule has 1 atom stereocenters. The van der Waals surface area contributed by atoms with Gasteiger partial charge in [-0.1, -0.05) is 0 Å². The van der Waals surface area contributed by atoms with Crippen molar-refractivity contribution in [3.63, 3.8) is 0 Å². The molecule has 0 aromatic carbocycles. The molecule has 1 amide bonds. The summed E-state index contributed by atoms with van der Waals surface area (Å²) in [5.74, 6) is -0.377. The normalized spacial score (nSPS) is 20.1. The molecule has 0 saturated carbocycles. The van der Waals surface area contributed by atoms with Gasteiger partial charge in [-0.05, 0) is 12.1 Å². The van der Waals surface area contributed by atoms with Gasteiger partial charge in [-0.25, -0.2) is 4.98 Å². The third-order valence-electron chi connectivity index (χ3n) is 2.96. The van der Waals surface area contributed by atoms with E-state index in [0.29, 0.717) is 6.54 Å². The highest BCUT2D eigenvalue weighted by Crippen LogP contribution is 2.33. The number of nitrogens with zero attached hydrogens (tertiary/aromatic N) is 2. The fraction of sp³-hybridized carbons (Fsp3) is 0.500. The van der Waals surface area contributed by atoms with Gasteiger partial charge in [-0.15, -0.1) is 0 Å². The molecule has 1 aliphatic heterocycles. The number of carbonyl (C=O) groups is 1. The maximum atomic E-state index is 12.8. The second-order valence-corrected chi connectivity index (χ2v) is 4.49. The van der Waals surface area contributed by atoms with E-state index in [-0.39, 0.29) is 31.0 Å². The number of nitrogens with one attached hydrogen (secondary N) is 1. The Morgan fingerprint density at radius 2 is 2.30 bits per heavy atom. The van der Waals surface area contributed by atoms with Crippen molar-refractivity contribution in [1.29, 1.82) is 0 Å². The first-order chi connectivity index (χ1) is 9.38. The quantitative estimate of drug-likeness (QED) is 0.913. The Morgan fingerprint density at radius 1 is 1.55 bits per heavy atom. The molecule has 1 aromatic rings. The first kappa shape index (κ1) is 14.6. The predicted molar refractivity (Wildman–Crippen MR) is 65.1 cm³/mol. The number of anilines is 1. The van der Waals surface area contributed by atoms with Crippen LogP contribution in [0.4, 0.5) is 19.0 Å². The monoisotopic (exact) mass is 289 g/mol. The third-order valence-corrected chi connectivity index (χ3v) is 2.96. The molecule has 5 nitrogen and oxygen atoms in total. The molecule has 0 aliphatic carbocycles. The summed E-state index contributed by atoms with van der Waals surface area (Å²) in [6.07, 6.45) is -3.54. The molecule has 1 N–H and O–H groups in total. The van der Waals surface area contributed by atoms with E-state index in [4.69, 9.17) is 4.74 Å². The van der Waals surface area contributed by atoms with Crippen molar-refractivity contribution in [1.82, 2.24) is 9.88 Å². The van der Waals surface area contributed by atoms with Gasteiger partial charge in [0, 0.05) is 26.3 Å². The van der Waals surface area contributed by atoms with Crippen LogP contribution in [-0.4, -0.2) is 48.6 Å². The van der Waals surface area contributed by atoms with Gasteiger partial charge < -0.3 is 15.0 Å².